The molecule has 2 heteroatoms. The second kappa shape index (κ2) is 11.5. The fourth-order valence-corrected chi connectivity index (χ4v) is 3.84. The van der Waals surface area contributed by atoms with Crippen LogP contribution in [0.4, 0.5) is 0 Å². The molecule has 0 aromatic heterocycles. The number of nitrogens with zero attached hydrogens (tertiary/aromatic N) is 1. The molecule has 1 aliphatic rings. The number of carbonyl (C=O) groups excluding carboxylic acids is 1. The first-order chi connectivity index (χ1) is 12.2. The van der Waals surface area contributed by atoms with Gasteiger partial charge >= 0.3 is 0 Å². The van der Waals surface area contributed by atoms with Gasteiger partial charge in [0.25, 0.3) is 0 Å². The van der Waals surface area contributed by atoms with Gasteiger partial charge in [-0.2, -0.15) is 0 Å². The molecule has 2 rings (SSSR count). The molecule has 1 aromatic rings. The molecule has 0 bridgehead atoms. The van der Waals surface area contributed by atoms with Gasteiger partial charge in [0.15, 0.2) is 5.78 Å². The Morgan fingerprint density at radius 2 is 1.60 bits per heavy atom. The molecule has 1 unspecified atom stereocenters. The van der Waals surface area contributed by atoms with Gasteiger partial charge in [-0.25, -0.2) is 0 Å². The van der Waals surface area contributed by atoms with Crippen LogP contribution in [0.3, 0.4) is 0 Å². The predicted molar refractivity (Wildman–Crippen MR) is 107 cm³/mol. The summed E-state index contributed by atoms with van der Waals surface area (Å²) in [5.74, 6) is 0.402. The van der Waals surface area contributed by atoms with Gasteiger partial charge < -0.3 is 4.90 Å². The van der Waals surface area contributed by atoms with Crippen LogP contribution < -0.4 is 0 Å². The molecule has 0 N–H and O–H groups in total. The highest BCUT2D eigenvalue weighted by Crippen LogP contribution is 2.16. The highest BCUT2D eigenvalue weighted by atomic mass is 16.1. The van der Waals surface area contributed by atoms with Crippen LogP contribution in [0, 0.1) is 5.92 Å². The summed E-state index contributed by atoms with van der Waals surface area (Å²) < 4.78 is 0. The van der Waals surface area contributed by atoms with Crippen LogP contribution in [0.1, 0.15) is 87.6 Å². The number of hydrogen-bond donors (Lipinski definition) is 0. The minimum atomic E-state index is 0.0996. The van der Waals surface area contributed by atoms with E-state index in [0.717, 1.165) is 31.6 Å². The standard InChI is InChI=1S/C23H37NO/c1-3-4-5-6-7-9-12-21-13-15-22(16-14-21)23(25)20(2)19-24-17-10-8-11-18-24/h13-16,20H,3-12,17-19H2,1-2H3. The van der Waals surface area contributed by atoms with E-state index in [1.54, 1.807) is 0 Å². The van der Waals surface area contributed by atoms with Crippen molar-refractivity contribution < 1.29 is 4.79 Å². The maximum atomic E-state index is 12.7. The summed E-state index contributed by atoms with van der Waals surface area (Å²) in [7, 11) is 0. The van der Waals surface area contributed by atoms with Crippen LogP contribution in [-0.4, -0.2) is 30.3 Å². The quantitative estimate of drug-likeness (QED) is 0.368. The zero-order chi connectivity index (χ0) is 17.9. The van der Waals surface area contributed by atoms with Crippen molar-refractivity contribution in [1.82, 2.24) is 4.90 Å². The van der Waals surface area contributed by atoms with E-state index in [2.05, 4.69) is 30.9 Å². The Bertz CT molecular complexity index is 487. The van der Waals surface area contributed by atoms with Gasteiger partial charge in [-0.1, -0.05) is 76.6 Å². The minimum absolute atomic E-state index is 0.0996. The van der Waals surface area contributed by atoms with Crippen molar-refractivity contribution in [3.8, 4) is 0 Å². The van der Waals surface area contributed by atoms with Gasteiger partial charge in [-0.15, -0.1) is 0 Å². The molecule has 2 nitrogen and oxygen atoms in total. The minimum Gasteiger partial charge on any atom is -0.303 e. The molecule has 1 heterocycles. The zero-order valence-corrected chi connectivity index (χ0v) is 16.4. The number of carbonyl (C=O) groups is 1. The Balaban J connectivity index is 1.73. The number of likely N-dealkylation sites (tertiary alicyclic amines) is 1. The zero-order valence-electron chi connectivity index (χ0n) is 16.4. The Hall–Kier alpha value is -1.15. The fourth-order valence-electron chi connectivity index (χ4n) is 3.84. The second-order valence-corrected chi connectivity index (χ2v) is 7.84. The third kappa shape index (κ3) is 7.32. The molecule has 0 amide bonds. The van der Waals surface area contributed by atoms with Crippen molar-refractivity contribution in [2.45, 2.75) is 78.1 Å². The van der Waals surface area contributed by atoms with E-state index in [4.69, 9.17) is 0 Å². The third-order valence-electron chi connectivity index (χ3n) is 5.49. The summed E-state index contributed by atoms with van der Waals surface area (Å²) in [5, 5.41) is 0. The molecule has 0 aliphatic carbocycles. The second-order valence-electron chi connectivity index (χ2n) is 7.84. The van der Waals surface area contributed by atoms with Crippen molar-refractivity contribution in [3.05, 3.63) is 35.4 Å². The van der Waals surface area contributed by atoms with E-state index >= 15 is 0 Å². The highest BCUT2D eigenvalue weighted by Gasteiger charge is 2.19. The molecule has 0 spiro atoms. The van der Waals surface area contributed by atoms with E-state index in [1.165, 1.54) is 63.4 Å². The van der Waals surface area contributed by atoms with E-state index < -0.39 is 0 Å². The van der Waals surface area contributed by atoms with Crippen LogP contribution in [-0.2, 0) is 6.42 Å². The molecule has 1 aromatic carbocycles. The first-order valence-corrected chi connectivity index (χ1v) is 10.6. The molecule has 0 saturated carbocycles. The van der Waals surface area contributed by atoms with Gasteiger partial charge in [0, 0.05) is 18.0 Å². The number of rotatable bonds is 11. The molecule has 0 radical (unpaired) electrons. The number of Topliss-reactive ketones (excluding diaryl/α,β-unsaturated/α-hetero) is 1. The van der Waals surface area contributed by atoms with Crippen molar-refractivity contribution in [2.75, 3.05) is 19.6 Å². The average molecular weight is 344 g/mol. The lowest BCUT2D eigenvalue weighted by Crippen LogP contribution is -2.35. The highest BCUT2D eigenvalue weighted by molar-refractivity contribution is 5.97. The number of piperidine rings is 1. The first-order valence-electron chi connectivity index (χ1n) is 10.6. The smallest absolute Gasteiger partial charge is 0.166 e. The van der Waals surface area contributed by atoms with Gasteiger partial charge in [0.05, 0.1) is 0 Å². The van der Waals surface area contributed by atoms with Gasteiger partial charge in [-0.3, -0.25) is 4.79 Å². The van der Waals surface area contributed by atoms with Crippen LogP contribution in [0.15, 0.2) is 24.3 Å². The summed E-state index contributed by atoms with van der Waals surface area (Å²) in [6.45, 7) is 7.58. The Morgan fingerprint density at radius 1 is 0.960 bits per heavy atom. The topological polar surface area (TPSA) is 20.3 Å². The summed E-state index contributed by atoms with van der Waals surface area (Å²) in [6, 6.07) is 8.41. The molecule has 1 atom stereocenters. The molecule has 140 valence electrons. The lowest BCUT2D eigenvalue weighted by atomic mass is 9.96. The van der Waals surface area contributed by atoms with Crippen molar-refractivity contribution in [2.24, 2.45) is 5.92 Å². The average Bonchev–Trinajstić information content (AvgIpc) is 2.65. The van der Waals surface area contributed by atoms with E-state index in [-0.39, 0.29) is 5.92 Å². The number of hydrogen-bond acceptors (Lipinski definition) is 2. The van der Waals surface area contributed by atoms with E-state index in [9.17, 15) is 4.79 Å². The number of aryl methyl sites for hydroxylation is 1. The molecule has 1 saturated heterocycles. The maximum Gasteiger partial charge on any atom is 0.166 e. The largest absolute Gasteiger partial charge is 0.303 e. The summed E-state index contributed by atoms with van der Waals surface area (Å²) in [4.78, 5) is 15.1. The Morgan fingerprint density at radius 3 is 2.28 bits per heavy atom. The summed E-state index contributed by atoms with van der Waals surface area (Å²) >= 11 is 0. The molecule has 1 fully saturated rings. The molecular weight excluding hydrogens is 306 g/mol. The van der Waals surface area contributed by atoms with Crippen LogP contribution in [0.2, 0.25) is 0 Å². The molecule has 25 heavy (non-hydrogen) atoms. The fraction of sp³-hybridized carbons (Fsp3) is 0.696. The lowest BCUT2D eigenvalue weighted by molar-refractivity contribution is 0.0883. The van der Waals surface area contributed by atoms with Crippen molar-refractivity contribution >= 4 is 5.78 Å². The van der Waals surface area contributed by atoms with Gasteiger partial charge in [0.2, 0.25) is 0 Å². The van der Waals surface area contributed by atoms with E-state index in [0.29, 0.717) is 5.78 Å². The Kier molecular flexibility index (Phi) is 9.25. The predicted octanol–water partition coefficient (Wildman–Crippen LogP) is 5.89. The number of unbranched alkanes of at least 4 members (excludes halogenated alkanes) is 5. The van der Waals surface area contributed by atoms with E-state index in [1.807, 2.05) is 12.1 Å². The monoisotopic (exact) mass is 343 g/mol. The van der Waals surface area contributed by atoms with Gasteiger partial charge in [0.1, 0.15) is 0 Å². The van der Waals surface area contributed by atoms with Crippen LogP contribution in [0.5, 0.6) is 0 Å². The first kappa shape index (κ1) is 20.2. The van der Waals surface area contributed by atoms with Crippen LogP contribution in [0.25, 0.3) is 0 Å². The maximum absolute atomic E-state index is 12.7. The SMILES string of the molecule is CCCCCCCCc1ccc(C(=O)C(C)CN2CCCCC2)cc1. The lowest BCUT2D eigenvalue weighted by Gasteiger charge is -2.28. The number of ketones is 1. The molecule has 1 aliphatic heterocycles. The van der Waals surface area contributed by atoms with Crippen molar-refractivity contribution in [3.63, 3.8) is 0 Å². The summed E-state index contributed by atoms with van der Waals surface area (Å²) in [6.07, 6.45) is 13.1. The van der Waals surface area contributed by atoms with Gasteiger partial charge in [-0.05, 0) is 44.3 Å². The Labute approximate surface area is 155 Å². The normalized spacial score (nSPS) is 16.7. The van der Waals surface area contributed by atoms with Crippen molar-refractivity contribution in [1.29, 1.82) is 0 Å². The number of benzene rings is 1. The van der Waals surface area contributed by atoms with Crippen LogP contribution >= 0.6 is 0 Å². The molecular formula is C23H37NO. The summed E-state index contributed by atoms with van der Waals surface area (Å²) in [5.41, 5.74) is 2.26. The third-order valence-corrected chi connectivity index (χ3v) is 5.49.